The number of amides is 1. The second-order valence-corrected chi connectivity index (χ2v) is 7.88. The minimum Gasteiger partial charge on any atom is -0.367 e. The SMILES string of the molecule is CN[C@H]1CC[C@H](Nc2ncnc3sc4c(c23)C[C@H](C(N)=O)OC4)CC1. The third kappa shape index (κ3) is 3.21. The van der Waals surface area contributed by atoms with E-state index in [0.29, 0.717) is 25.1 Å². The Morgan fingerprint density at radius 2 is 2.04 bits per heavy atom. The van der Waals surface area contributed by atoms with Crippen LogP contribution in [-0.2, 0) is 22.6 Å². The second-order valence-electron chi connectivity index (χ2n) is 6.79. The van der Waals surface area contributed by atoms with E-state index in [2.05, 4.69) is 20.6 Å². The van der Waals surface area contributed by atoms with Crippen molar-refractivity contribution in [3.05, 3.63) is 16.8 Å². The summed E-state index contributed by atoms with van der Waals surface area (Å²) in [5.74, 6) is 0.460. The molecule has 4 rings (SSSR count). The number of nitrogens with zero attached hydrogens (tertiary/aromatic N) is 2. The number of nitrogens with two attached hydrogens (primary N) is 1. The van der Waals surface area contributed by atoms with Crippen LogP contribution in [-0.4, -0.2) is 41.1 Å². The molecule has 0 bridgehead atoms. The van der Waals surface area contributed by atoms with Crippen molar-refractivity contribution in [3.63, 3.8) is 0 Å². The molecule has 3 heterocycles. The molecule has 8 heteroatoms. The van der Waals surface area contributed by atoms with E-state index < -0.39 is 12.0 Å². The molecule has 0 saturated heterocycles. The molecule has 1 fully saturated rings. The summed E-state index contributed by atoms with van der Waals surface area (Å²) < 4.78 is 5.57. The van der Waals surface area contributed by atoms with Crippen LogP contribution in [0.2, 0.25) is 0 Å². The number of thiophene rings is 1. The zero-order valence-corrected chi connectivity index (χ0v) is 15.1. The Balaban J connectivity index is 1.62. The number of carbonyl (C=O) groups excluding carboxylic acids is 1. The first-order valence-electron chi connectivity index (χ1n) is 8.75. The second kappa shape index (κ2) is 6.86. The van der Waals surface area contributed by atoms with E-state index in [1.807, 2.05) is 7.05 Å². The van der Waals surface area contributed by atoms with Crippen LogP contribution in [0.5, 0.6) is 0 Å². The van der Waals surface area contributed by atoms with Crippen LogP contribution in [0, 0.1) is 0 Å². The van der Waals surface area contributed by atoms with Gasteiger partial charge < -0.3 is 21.1 Å². The normalized spacial score (nSPS) is 26.4. The quantitative estimate of drug-likeness (QED) is 0.764. The van der Waals surface area contributed by atoms with Crippen molar-refractivity contribution in [2.45, 2.75) is 56.9 Å². The molecule has 0 radical (unpaired) electrons. The van der Waals surface area contributed by atoms with E-state index in [1.54, 1.807) is 17.7 Å². The van der Waals surface area contributed by atoms with Crippen LogP contribution >= 0.6 is 11.3 Å². The Morgan fingerprint density at radius 3 is 2.76 bits per heavy atom. The minimum atomic E-state index is -0.565. The lowest BCUT2D eigenvalue weighted by atomic mass is 9.91. The van der Waals surface area contributed by atoms with Crippen LogP contribution in [0.15, 0.2) is 6.33 Å². The molecule has 2 aromatic rings. The molecule has 0 aromatic carbocycles. The van der Waals surface area contributed by atoms with Crippen molar-refractivity contribution < 1.29 is 9.53 Å². The predicted octanol–water partition coefficient (Wildman–Crippen LogP) is 1.56. The van der Waals surface area contributed by atoms with Gasteiger partial charge in [-0.05, 0) is 38.3 Å². The molecule has 1 saturated carbocycles. The van der Waals surface area contributed by atoms with E-state index in [1.165, 1.54) is 12.8 Å². The lowest BCUT2D eigenvalue weighted by Gasteiger charge is -2.29. The molecular formula is C17H23N5O2S. The molecule has 1 atom stereocenters. The number of hydrogen-bond acceptors (Lipinski definition) is 7. The Kier molecular flexibility index (Phi) is 4.58. The van der Waals surface area contributed by atoms with Crippen molar-refractivity contribution in [3.8, 4) is 0 Å². The summed E-state index contributed by atoms with van der Waals surface area (Å²) in [5.41, 5.74) is 6.55. The molecule has 4 N–H and O–H groups in total. The topological polar surface area (TPSA) is 102 Å². The Labute approximate surface area is 150 Å². The summed E-state index contributed by atoms with van der Waals surface area (Å²) in [7, 11) is 2.03. The smallest absolute Gasteiger partial charge is 0.246 e. The van der Waals surface area contributed by atoms with E-state index in [9.17, 15) is 4.79 Å². The summed E-state index contributed by atoms with van der Waals surface area (Å²) in [6.07, 6.45) is 6.12. The van der Waals surface area contributed by atoms with Gasteiger partial charge in [0.25, 0.3) is 0 Å². The summed E-state index contributed by atoms with van der Waals surface area (Å²) >= 11 is 1.62. The highest BCUT2D eigenvalue weighted by molar-refractivity contribution is 7.18. The maximum absolute atomic E-state index is 11.5. The molecule has 7 nitrogen and oxygen atoms in total. The van der Waals surface area contributed by atoms with E-state index in [-0.39, 0.29) is 0 Å². The maximum atomic E-state index is 11.5. The average Bonchev–Trinajstić information content (AvgIpc) is 3.01. The molecule has 1 aliphatic carbocycles. The first kappa shape index (κ1) is 16.7. The number of primary amides is 1. The molecule has 0 spiro atoms. The molecule has 2 aliphatic rings. The lowest BCUT2D eigenvalue weighted by Crippen LogP contribution is -2.36. The van der Waals surface area contributed by atoms with Gasteiger partial charge in [0, 0.05) is 23.4 Å². The highest BCUT2D eigenvalue weighted by atomic mass is 32.1. The van der Waals surface area contributed by atoms with Gasteiger partial charge in [0.1, 0.15) is 23.1 Å². The number of carbonyl (C=O) groups is 1. The lowest BCUT2D eigenvalue weighted by molar-refractivity contribution is -0.130. The minimum absolute atomic E-state index is 0.413. The Morgan fingerprint density at radius 1 is 1.28 bits per heavy atom. The Bertz CT molecular complexity index is 785. The van der Waals surface area contributed by atoms with Gasteiger partial charge in [-0.3, -0.25) is 4.79 Å². The van der Waals surface area contributed by atoms with Crippen molar-refractivity contribution in [1.82, 2.24) is 15.3 Å². The fourth-order valence-electron chi connectivity index (χ4n) is 3.80. The standard InChI is InChI=1S/C17H23N5O2S/c1-19-9-2-4-10(5-3-9)22-16-14-11-6-12(15(18)23)24-7-13(11)25-17(14)21-8-20-16/h8-10,12,19H,2-7H2,1H3,(H2,18,23)(H,20,21,22)/t9-,10-,12-/m1/s1. The first-order valence-corrected chi connectivity index (χ1v) is 9.57. The van der Waals surface area contributed by atoms with E-state index >= 15 is 0 Å². The number of fused-ring (bicyclic) bond motifs is 3. The third-order valence-electron chi connectivity index (χ3n) is 5.27. The molecule has 25 heavy (non-hydrogen) atoms. The number of ether oxygens (including phenoxy) is 1. The molecule has 1 aliphatic heterocycles. The fraction of sp³-hybridized carbons (Fsp3) is 0.588. The van der Waals surface area contributed by atoms with Gasteiger partial charge in [-0.2, -0.15) is 0 Å². The molecule has 2 aromatic heterocycles. The summed E-state index contributed by atoms with van der Waals surface area (Å²) in [6.45, 7) is 0.413. The number of anilines is 1. The van der Waals surface area contributed by atoms with Crippen LogP contribution in [0.3, 0.4) is 0 Å². The summed E-state index contributed by atoms with van der Waals surface area (Å²) in [5, 5.41) is 8.02. The van der Waals surface area contributed by atoms with Crippen LogP contribution in [0.25, 0.3) is 10.2 Å². The van der Waals surface area contributed by atoms with Crippen molar-refractivity contribution >= 4 is 33.3 Å². The van der Waals surface area contributed by atoms with Crippen LogP contribution in [0.1, 0.15) is 36.1 Å². The summed E-state index contributed by atoms with van der Waals surface area (Å²) in [6, 6.07) is 1.04. The van der Waals surface area contributed by atoms with Gasteiger partial charge >= 0.3 is 0 Å². The highest BCUT2D eigenvalue weighted by Gasteiger charge is 2.29. The van der Waals surface area contributed by atoms with Crippen molar-refractivity contribution in [1.29, 1.82) is 0 Å². The van der Waals surface area contributed by atoms with Crippen LogP contribution < -0.4 is 16.4 Å². The van der Waals surface area contributed by atoms with Crippen molar-refractivity contribution in [2.75, 3.05) is 12.4 Å². The van der Waals surface area contributed by atoms with E-state index in [4.69, 9.17) is 10.5 Å². The van der Waals surface area contributed by atoms with Gasteiger partial charge in [0.05, 0.1) is 12.0 Å². The fourth-order valence-corrected chi connectivity index (χ4v) is 4.89. The number of aromatic nitrogens is 2. The monoisotopic (exact) mass is 361 g/mol. The largest absolute Gasteiger partial charge is 0.367 e. The van der Waals surface area contributed by atoms with Gasteiger partial charge in [-0.1, -0.05) is 0 Å². The highest BCUT2D eigenvalue weighted by Crippen LogP contribution is 2.38. The number of rotatable bonds is 4. The average molecular weight is 361 g/mol. The zero-order valence-electron chi connectivity index (χ0n) is 14.2. The Hall–Kier alpha value is -1.77. The van der Waals surface area contributed by atoms with Gasteiger partial charge in [0.15, 0.2) is 0 Å². The molecule has 0 unspecified atom stereocenters. The third-order valence-corrected chi connectivity index (χ3v) is 6.38. The van der Waals surface area contributed by atoms with Crippen molar-refractivity contribution in [2.24, 2.45) is 5.73 Å². The number of nitrogens with one attached hydrogen (secondary N) is 2. The zero-order chi connectivity index (χ0) is 17.4. The number of hydrogen-bond donors (Lipinski definition) is 3. The molecule has 134 valence electrons. The molecule has 1 amide bonds. The predicted molar refractivity (Wildman–Crippen MR) is 97.6 cm³/mol. The van der Waals surface area contributed by atoms with E-state index in [0.717, 1.165) is 39.3 Å². The van der Waals surface area contributed by atoms with Gasteiger partial charge in [-0.15, -0.1) is 11.3 Å². The molecular weight excluding hydrogens is 338 g/mol. The maximum Gasteiger partial charge on any atom is 0.246 e. The van der Waals surface area contributed by atoms with Crippen LogP contribution in [0.4, 0.5) is 5.82 Å². The van der Waals surface area contributed by atoms with Gasteiger partial charge in [0.2, 0.25) is 5.91 Å². The van der Waals surface area contributed by atoms with Gasteiger partial charge in [-0.25, -0.2) is 9.97 Å². The first-order chi connectivity index (χ1) is 12.2. The summed E-state index contributed by atoms with van der Waals surface area (Å²) in [4.78, 5) is 22.5.